The lowest BCUT2D eigenvalue weighted by atomic mass is 10.0. The summed E-state index contributed by atoms with van der Waals surface area (Å²) >= 11 is 0. The first-order valence-electron chi connectivity index (χ1n) is 19.4. The van der Waals surface area contributed by atoms with E-state index in [-0.39, 0.29) is 12.8 Å². The normalized spacial score (nSPS) is 26.9. The van der Waals surface area contributed by atoms with E-state index in [1.165, 1.54) is 7.11 Å². The summed E-state index contributed by atoms with van der Waals surface area (Å²) < 4.78 is 36.0. The highest BCUT2D eigenvalue weighted by Crippen LogP contribution is 2.35. The summed E-state index contributed by atoms with van der Waals surface area (Å²) in [6.07, 6.45) is -2.85. The Hall–Kier alpha value is -4.59. The molecule has 4 rings (SSSR count). The number of nitrogens with one attached hydrogen (secondary N) is 3. The summed E-state index contributed by atoms with van der Waals surface area (Å²) in [6.45, 7) is 4.47. The third-order valence-electron chi connectivity index (χ3n) is 9.73. The number of amides is 3. The van der Waals surface area contributed by atoms with Gasteiger partial charge < -0.3 is 49.9 Å². The average Bonchev–Trinajstić information content (AvgIpc) is 3.34. The smallest absolute Gasteiger partial charge is 0.330 e. The van der Waals surface area contributed by atoms with E-state index in [4.69, 9.17) is 34.2 Å². The van der Waals surface area contributed by atoms with Gasteiger partial charge in [0.1, 0.15) is 24.4 Å². The van der Waals surface area contributed by atoms with Gasteiger partial charge in [0.25, 0.3) is 11.5 Å². The van der Waals surface area contributed by atoms with E-state index >= 15 is 0 Å². The van der Waals surface area contributed by atoms with E-state index in [9.17, 15) is 38.7 Å². The number of ether oxygens (including phenoxy) is 6. The first-order chi connectivity index (χ1) is 26.9. The summed E-state index contributed by atoms with van der Waals surface area (Å²) in [5, 5.41) is 16.5. The molecule has 3 amide bonds. The van der Waals surface area contributed by atoms with Crippen LogP contribution in [0.2, 0.25) is 0 Å². The number of H-pyrrole nitrogens is 1. The predicted octanol–water partition coefficient (Wildman–Crippen LogP) is 0.470. The van der Waals surface area contributed by atoms with Crippen LogP contribution in [0, 0.1) is 0 Å². The first kappa shape index (κ1) is 44.1. The van der Waals surface area contributed by atoms with E-state index in [1.54, 1.807) is 0 Å². The zero-order chi connectivity index (χ0) is 40.8. The number of nitrogens with zero attached hydrogens (tertiary/aromatic N) is 1. The topological polar surface area (TPSA) is 266 Å². The first-order valence-corrected chi connectivity index (χ1v) is 19.4. The number of hydrogen-bond acceptors (Lipinski definition) is 14. The highest BCUT2D eigenvalue weighted by Gasteiger charge is 2.53. The lowest BCUT2D eigenvalue weighted by molar-refractivity contribution is -0.250. The van der Waals surface area contributed by atoms with Crippen molar-refractivity contribution in [1.29, 1.82) is 0 Å². The number of aromatic amines is 1. The van der Waals surface area contributed by atoms with E-state index < -0.39 is 102 Å². The minimum atomic E-state index is -1.88. The van der Waals surface area contributed by atoms with Gasteiger partial charge in [-0.3, -0.25) is 38.3 Å². The Bertz CT molecular complexity index is 1660. The largest absolute Gasteiger partial charge is 0.455 e. The van der Waals surface area contributed by atoms with Gasteiger partial charge in [-0.1, -0.05) is 52.4 Å². The number of carbonyl (C=O) groups excluding carboxylic acids is 5. The van der Waals surface area contributed by atoms with Gasteiger partial charge in [0, 0.05) is 44.8 Å². The third kappa shape index (κ3) is 12.0. The molecule has 19 heteroatoms. The fourth-order valence-corrected chi connectivity index (χ4v) is 6.71. The van der Waals surface area contributed by atoms with Gasteiger partial charge in [-0.15, -0.1) is 0 Å². The van der Waals surface area contributed by atoms with Crippen LogP contribution < -0.4 is 27.6 Å². The molecule has 0 aromatic carbocycles. The fraction of sp³-hybridized carbons (Fsp3) is 0.703. The second-order valence-electron chi connectivity index (χ2n) is 14.0. The van der Waals surface area contributed by atoms with Crippen LogP contribution in [0.1, 0.15) is 104 Å². The zero-order valence-electron chi connectivity index (χ0n) is 32.1. The van der Waals surface area contributed by atoms with E-state index in [1.807, 2.05) is 13.8 Å². The number of rotatable bonds is 20. The van der Waals surface area contributed by atoms with Gasteiger partial charge in [0.2, 0.25) is 24.2 Å². The summed E-state index contributed by atoms with van der Waals surface area (Å²) in [6, 6.07) is 0.101. The Balaban J connectivity index is 1.70. The van der Waals surface area contributed by atoms with Crippen molar-refractivity contribution >= 4 is 29.7 Å². The zero-order valence-corrected chi connectivity index (χ0v) is 32.1. The minimum Gasteiger partial charge on any atom is -0.455 e. The Morgan fingerprint density at radius 1 is 0.982 bits per heavy atom. The van der Waals surface area contributed by atoms with Gasteiger partial charge >= 0.3 is 17.6 Å². The van der Waals surface area contributed by atoms with Crippen molar-refractivity contribution in [3.63, 3.8) is 0 Å². The Morgan fingerprint density at radius 3 is 2.29 bits per heavy atom. The lowest BCUT2D eigenvalue weighted by Gasteiger charge is -2.38. The van der Waals surface area contributed by atoms with Crippen LogP contribution in [0.3, 0.4) is 0 Å². The lowest BCUT2D eigenvalue weighted by Crippen LogP contribution is -2.56. The summed E-state index contributed by atoms with van der Waals surface area (Å²) in [5.74, 6) is -4.31. The number of aromatic nitrogens is 2. The van der Waals surface area contributed by atoms with Gasteiger partial charge in [-0.25, -0.2) is 4.79 Å². The van der Waals surface area contributed by atoms with Crippen LogP contribution in [0.15, 0.2) is 33.7 Å². The van der Waals surface area contributed by atoms with Gasteiger partial charge in [-0.2, -0.15) is 0 Å². The number of carbonyl (C=O) groups is 5. The number of methoxy groups -OCH3 is 1. The molecule has 0 radical (unpaired) electrons. The molecule has 9 atom stereocenters. The molecule has 1 aromatic rings. The monoisotopic (exact) mass is 793 g/mol. The second-order valence-corrected chi connectivity index (χ2v) is 14.0. The summed E-state index contributed by atoms with van der Waals surface area (Å²) in [7, 11) is 1.20. The number of primary amides is 1. The third-order valence-corrected chi connectivity index (χ3v) is 9.73. The van der Waals surface area contributed by atoms with Crippen molar-refractivity contribution in [2.45, 2.75) is 153 Å². The van der Waals surface area contributed by atoms with Crippen LogP contribution in [-0.4, -0.2) is 107 Å². The molecule has 0 bridgehead atoms. The molecule has 0 spiro atoms. The van der Waals surface area contributed by atoms with Crippen molar-refractivity contribution in [3.8, 4) is 0 Å². The van der Waals surface area contributed by atoms with Crippen LogP contribution in [0.25, 0.3) is 0 Å². The molecule has 0 unspecified atom stereocenters. The SMILES string of the molecule is CCCCCCC(=O)O[C@@H]1[C@@H](O[C@@H](C(N)=O)[C@H]2O[C@@H](n3ccc(=O)[nH]c3=O)[C@H](O)[C@@H]2OC)OC(C(=O)N[C@H]2CCCCNC2=O)=C[C@@H]1OC(=O)CCCCCC. The molecule has 6 N–H and O–H groups in total. The quantitative estimate of drug-likeness (QED) is 0.0888. The van der Waals surface area contributed by atoms with E-state index in [2.05, 4.69) is 15.6 Å². The molecular formula is C37H55N5O14. The molecular weight excluding hydrogens is 738 g/mol. The maximum Gasteiger partial charge on any atom is 0.330 e. The van der Waals surface area contributed by atoms with Crippen molar-refractivity contribution in [3.05, 3.63) is 44.9 Å². The van der Waals surface area contributed by atoms with Crippen molar-refractivity contribution < 1.29 is 57.5 Å². The van der Waals surface area contributed by atoms with Crippen molar-refractivity contribution in [2.75, 3.05) is 13.7 Å². The maximum absolute atomic E-state index is 13.7. The standard InChI is InChI=1S/C37H55N5O14/c1-4-6-8-10-15-25(44)52-22-20-23(34(49)40-21-14-12-13-18-39-33(21)48)53-36(28(22)54-26(45)16-11-9-7-5-2)56-31(32(38)47)30-29(51-3)27(46)35(55-30)42-19-17-24(43)41-37(42)50/h17,19-22,27-31,35-36,46H,4-16,18H2,1-3H3,(H2,38,47)(H,39,48)(H,40,49)(H,41,43,50)/t21-,22-,27+,28-,29-,30-,31+,35+,36+/m0/s1. The number of aliphatic hydroxyl groups is 1. The Morgan fingerprint density at radius 2 is 1.66 bits per heavy atom. The molecule has 1 aromatic heterocycles. The van der Waals surface area contributed by atoms with Crippen LogP contribution >= 0.6 is 0 Å². The number of hydrogen-bond donors (Lipinski definition) is 5. The molecule has 3 aliphatic rings. The molecule has 312 valence electrons. The molecule has 0 saturated carbocycles. The molecule has 0 aliphatic carbocycles. The minimum absolute atomic E-state index is 0.0108. The predicted molar refractivity (Wildman–Crippen MR) is 195 cm³/mol. The Kier molecular flexibility index (Phi) is 17.1. The van der Waals surface area contributed by atoms with Gasteiger partial charge in [-0.05, 0) is 32.1 Å². The van der Waals surface area contributed by atoms with Gasteiger partial charge in [0.05, 0.1) is 0 Å². The van der Waals surface area contributed by atoms with Crippen LogP contribution in [-0.2, 0) is 52.4 Å². The van der Waals surface area contributed by atoms with Crippen LogP contribution in [0.4, 0.5) is 0 Å². The van der Waals surface area contributed by atoms with Crippen molar-refractivity contribution in [1.82, 2.24) is 20.2 Å². The number of esters is 2. The average molecular weight is 794 g/mol. The number of aliphatic hydroxyl groups excluding tert-OH is 1. The molecule has 4 heterocycles. The number of nitrogens with two attached hydrogens (primary N) is 1. The van der Waals surface area contributed by atoms with E-state index in [0.29, 0.717) is 38.6 Å². The summed E-state index contributed by atoms with van der Waals surface area (Å²) in [4.78, 5) is 92.5. The second kappa shape index (κ2) is 21.6. The molecule has 2 saturated heterocycles. The highest BCUT2D eigenvalue weighted by atomic mass is 16.7. The fourth-order valence-electron chi connectivity index (χ4n) is 6.71. The Labute approximate surface area is 323 Å². The van der Waals surface area contributed by atoms with Crippen LogP contribution in [0.5, 0.6) is 0 Å². The summed E-state index contributed by atoms with van der Waals surface area (Å²) in [5.41, 5.74) is 4.19. The van der Waals surface area contributed by atoms with E-state index in [0.717, 1.165) is 61.4 Å². The van der Waals surface area contributed by atoms with Crippen molar-refractivity contribution in [2.24, 2.45) is 5.73 Å². The molecule has 3 aliphatic heterocycles. The molecule has 56 heavy (non-hydrogen) atoms. The maximum atomic E-state index is 13.7. The highest BCUT2D eigenvalue weighted by molar-refractivity contribution is 5.96. The number of unbranched alkanes of at least 4 members (excludes halogenated alkanes) is 6. The van der Waals surface area contributed by atoms with Gasteiger partial charge in [0.15, 0.2) is 24.2 Å². The molecule has 2 fully saturated rings. The molecule has 19 nitrogen and oxygen atoms in total.